The summed E-state index contributed by atoms with van der Waals surface area (Å²) in [5.41, 5.74) is 1.34. The summed E-state index contributed by atoms with van der Waals surface area (Å²) in [6, 6.07) is 5.33. The minimum atomic E-state index is 0.542. The number of hydrogen-bond acceptors (Lipinski definition) is 3. The molecule has 0 amide bonds. The van der Waals surface area contributed by atoms with E-state index in [1.165, 1.54) is 5.56 Å². The molecule has 0 saturated carbocycles. The second-order valence-corrected chi connectivity index (χ2v) is 5.79. The molecule has 1 aromatic heterocycles. The highest BCUT2D eigenvalue weighted by molar-refractivity contribution is 5.09. The van der Waals surface area contributed by atoms with Crippen LogP contribution in [0.15, 0.2) is 24.5 Å². The number of nitrogens with one attached hydrogen (secondary N) is 1. The van der Waals surface area contributed by atoms with E-state index in [-0.39, 0.29) is 0 Å². The predicted octanol–water partition coefficient (Wildman–Crippen LogP) is 2.93. The van der Waals surface area contributed by atoms with Crippen LogP contribution in [0.25, 0.3) is 0 Å². The van der Waals surface area contributed by atoms with E-state index in [9.17, 15) is 0 Å². The Kier molecular flexibility index (Phi) is 7.03. The summed E-state index contributed by atoms with van der Waals surface area (Å²) in [6.45, 7) is 14.4. The maximum atomic E-state index is 4.09. The van der Waals surface area contributed by atoms with Gasteiger partial charge in [0.15, 0.2) is 0 Å². The molecule has 1 atom stereocenters. The molecule has 0 radical (unpaired) electrons. The quantitative estimate of drug-likeness (QED) is 0.781. The number of aromatic nitrogens is 1. The molecule has 1 rings (SSSR count). The highest BCUT2D eigenvalue weighted by atomic mass is 15.2. The van der Waals surface area contributed by atoms with Gasteiger partial charge in [0.05, 0.1) is 0 Å². The lowest BCUT2D eigenvalue weighted by Gasteiger charge is -2.34. The Bertz CT molecular complexity index is 335. The maximum Gasteiger partial charge on any atom is 0.0271 e. The van der Waals surface area contributed by atoms with Crippen molar-refractivity contribution in [3.05, 3.63) is 30.1 Å². The largest absolute Gasteiger partial charge is 0.313 e. The first kappa shape index (κ1) is 16.1. The van der Waals surface area contributed by atoms with E-state index in [1.807, 2.05) is 12.4 Å². The number of nitrogens with zero attached hydrogens (tertiary/aromatic N) is 2. The molecule has 1 N–H and O–H groups in total. The molecule has 0 aliphatic rings. The molecule has 3 nitrogen and oxygen atoms in total. The summed E-state index contributed by atoms with van der Waals surface area (Å²) in [4.78, 5) is 6.64. The fourth-order valence-corrected chi connectivity index (χ4v) is 2.33. The minimum Gasteiger partial charge on any atom is -0.313 e. The molecular weight excluding hydrogens is 234 g/mol. The van der Waals surface area contributed by atoms with Crippen LogP contribution in [0.3, 0.4) is 0 Å². The van der Waals surface area contributed by atoms with Crippen molar-refractivity contribution >= 4 is 0 Å². The second-order valence-electron chi connectivity index (χ2n) is 5.79. The van der Waals surface area contributed by atoms with E-state index in [0.29, 0.717) is 18.0 Å². The Morgan fingerprint density at radius 1 is 1.16 bits per heavy atom. The molecule has 0 saturated heterocycles. The van der Waals surface area contributed by atoms with Gasteiger partial charge in [0.1, 0.15) is 0 Å². The van der Waals surface area contributed by atoms with Crippen LogP contribution in [0.5, 0.6) is 0 Å². The van der Waals surface area contributed by atoms with E-state index >= 15 is 0 Å². The summed E-state index contributed by atoms with van der Waals surface area (Å²) >= 11 is 0. The van der Waals surface area contributed by atoms with Crippen molar-refractivity contribution < 1.29 is 0 Å². The topological polar surface area (TPSA) is 28.2 Å². The Morgan fingerprint density at radius 3 is 2.26 bits per heavy atom. The van der Waals surface area contributed by atoms with Gasteiger partial charge < -0.3 is 5.32 Å². The highest BCUT2D eigenvalue weighted by Gasteiger charge is 2.20. The Labute approximate surface area is 118 Å². The zero-order valence-corrected chi connectivity index (χ0v) is 13.1. The number of rotatable bonds is 8. The molecule has 0 aliphatic carbocycles. The first-order chi connectivity index (χ1) is 9.04. The lowest BCUT2D eigenvalue weighted by molar-refractivity contribution is 0.149. The van der Waals surface area contributed by atoms with Crippen molar-refractivity contribution in [2.24, 2.45) is 5.92 Å². The Balaban J connectivity index is 2.67. The van der Waals surface area contributed by atoms with Gasteiger partial charge in [-0.3, -0.25) is 9.88 Å². The third kappa shape index (κ3) is 5.70. The molecule has 1 heterocycles. The van der Waals surface area contributed by atoms with Crippen LogP contribution in [0.1, 0.15) is 40.2 Å². The van der Waals surface area contributed by atoms with Gasteiger partial charge in [-0.2, -0.15) is 0 Å². The highest BCUT2D eigenvalue weighted by Crippen LogP contribution is 2.14. The summed E-state index contributed by atoms with van der Waals surface area (Å²) in [5, 5.41) is 3.57. The summed E-state index contributed by atoms with van der Waals surface area (Å²) < 4.78 is 0. The fraction of sp³-hybridized carbons (Fsp3) is 0.688. The lowest BCUT2D eigenvalue weighted by atomic mass is 10.0. The van der Waals surface area contributed by atoms with Crippen LogP contribution in [0.2, 0.25) is 0 Å². The van der Waals surface area contributed by atoms with E-state index in [1.54, 1.807) is 0 Å². The van der Waals surface area contributed by atoms with E-state index < -0.39 is 0 Å². The van der Waals surface area contributed by atoms with E-state index in [2.05, 4.69) is 62.0 Å². The van der Waals surface area contributed by atoms with Gasteiger partial charge in [-0.05, 0) is 30.2 Å². The molecule has 0 aromatic carbocycles. The van der Waals surface area contributed by atoms with Gasteiger partial charge in [0.25, 0.3) is 0 Å². The van der Waals surface area contributed by atoms with Crippen LogP contribution < -0.4 is 5.32 Å². The van der Waals surface area contributed by atoms with Crippen molar-refractivity contribution in [3.8, 4) is 0 Å². The second kappa shape index (κ2) is 8.28. The van der Waals surface area contributed by atoms with Crippen molar-refractivity contribution in [1.82, 2.24) is 15.2 Å². The maximum absolute atomic E-state index is 4.09. The molecule has 0 aliphatic heterocycles. The van der Waals surface area contributed by atoms with E-state index in [4.69, 9.17) is 0 Å². The summed E-state index contributed by atoms with van der Waals surface area (Å²) in [5.74, 6) is 0.646. The normalized spacial score (nSPS) is 13.5. The summed E-state index contributed by atoms with van der Waals surface area (Å²) in [7, 11) is 0. The third-order valence-electron chi connectivity index (χ3n) is 3.52. The molecular formula is C16H29N3. The predicted molar refractivity (Wildman–Crippen MR) is 82.1 cm³/mol. The van der Waals surface area contributed by atoms with Crippen molar-refractivity contribution in [1.29, 1.82) is 0 Å². The molecule has 108 valence electrons. The zero-order valence-electron chi connectivity index (χ0n) is 13.1. The molecule has 1 aromatic rings. The molecule has 0 bridgehead atoms. The monoisotopic (exact) mass is 263 g/mol. The summed E-state index contributed by atoms with van der Waals surface area (Å²) in [6.07, 6.45) is 3.75. The van der Waals surface area contributed by atoms with Crippen LogP contribution in [-0.4, -0.2) is 35.1 Å². The molecule has 0 spiro atoms. The van der Waals surface area contributed by atoms with Crippen LogP contribution >= 0.6 is 0 Å². The number of likely N-dealkylation sites (N-methyl/N-ethyl adjacent to an activating group) is 1. The standard InChI is InChI=1S/C16H29N3/c1-6-19(12-15-7-9-17-10-8-15)16(13(2)3)11-18-14(4)5/h7-10,13-14,16,18H,6,11-12H2,1-5H3. The molecule has 1 unspecified atom stereocenters. The average molecular weight is 263 g/mol. The Hall–Kier alpha value is -0.930. The van der Waals surface area contributed by atoms with Gasteiger partial charge >= 0.3 is 0 Å². The minimum absolute atomic E-state index is 0.542. The van der Waals surface area contributed by atoms with Gasteiger partial charge in [-0.25, -0.2) is 0 Å². The number of hydrogen-bond donors (Lipinski definition) is 1. The first-order valence-electron chi connectivity index (χ1n) is 7.40. The SMILES string of the molecule is CCN(Cc1ccncc1)C(CNC(C)C)C(C)C. The van der Waals surface area contributed by atoms with Crippen LogP contribution in [-0.2, 0) is 6.54 Å². The molecule has 19 heavy (non-hydrogen) atoms. The van der Waals surface area contributed by atoms with Gasteiger partial charge in [-0.15, -0.1) is 0 Å². The molecule has 0 fully saturated rings. The third-order valence-corrected chi connectivity index (χ3v) is 3.52. The van der Waals surface area contributed by atoms with Gasteiger partial charge in [0, 0.05) is 37.6 Å². The van der Waals surface area contributed by atoms with Crippen LogP contribution in [0, 0.1) is 5.92 Å². The smallest absolute Gasteiger partial charge is 0.0271 e. The molecule has 3 heteroatoms. The van der Waals surface area contributed by atoms with E-state index in [0.717, 1.165) is 19.6 Å². The van der Waals surface area contributed by atoms with Gasteiger partial charge in [-0.1, -0.05) is 34.6 Å². The zero-order chi connectivity index (χ0) is 14.3. The van der Waals surface area contributed by atoms with Gasteiger partial charge in [0.2, 0.25) is 0 Å². The average Bonchev–Trinajstić information content (AvgIpc) is 2.38. The van der Waals surface area contributed by atoms with Crippen molar-refractivity contribution in [2.45, 2.75) is 53.2 Å². The first-order valence-corrected chi connectivity index (χ1v) is 7.40. The van der Waals surface area contributed by atoms with Crippen molar-refractivity contribution in [3.63, 3.8) is 0 Å². The lowest BCUT2D eigenvalue weighted by Crippen LogP contribution is -2.46. The van der Waals surface area contributed by atoms with Crippen molar-refractivity contribution in [2.75, 3.05) is 13.1 Å². The Morgan fingerprint density at radius 2 is 1.79 bits per heavy atom. The fourth-order valence-electron chi connectivity index (χ4n) is 2.33. The van der Waals surface area contributed by atoms with Crippen LogP contribution in [0.4, 0.5) is 0 Å². The number of pyridine rings is 1.